The number of hydrogen-bond acceptors (Lipinski definition) is 1. The molecule has 1 atom stereocenters. The molecular formula is C16H17Cl2N. The minimum absolute atomic E-state index is 0.194. The molecule has 0 aliphatic carbocycles. The molecule has 1 N–H and O–H groups in total. The SMILES string of the molecule is Cc1ccc(C(C)Nc2ccc(Cl)cc2Cl)c(C)c1. The fourth-order valence-corrected chi connectivity index (χ4v) is 2.69. The highest BCUT2D eigenvalue weighted by molar-refractivity contribution is 6.36. The molecule has 0 heterocycles. The first-order chi connectivity index (χ1) is 8.97. The number of halogens is 2. The van der Waals surface area contributed by atoms with E-state index in [9.17, 15) is 0 Å². The third kappa shape index (κ3) is 3.43. The fraction of sp³-hybridized carbons (Fsp3) is 0.250. The zero-order valence-corrected chi connectivity index (χ0v) is 12.8. The molecule has 19 heavy (non-hydrogen) atoms. The highest BCUT2D eigenvalue weighted by atomic mass is 35.5. The quantitative estimate of drug-likeness (QED) is 0.756. The lowest BCUT2D eigenvalue weighted by molar-refractivity contribution is 0.873. The Balaban J connectivity index is 2.23. The normalized spacial score (nSPS) is 12.3. The third-order valence-corrected chi connectivity index (χ3v) is 3.74. The van der Waals surface area contributed by atoms with Crippen LogP contribution in [0.3, 0.4) is 0 Å². The van der Waals surface area contributed by atoms with Crippen molar-refractivity contribution < 1.29 is 0 Å². The lowest BCUT2D eigenvalue weighted by atomic mass is 10.00. The predicted molar refractivity (Wildman–Crippen MR) is 84.4 cm³/mol. The summed E-state index contributed by atoms with van der Waals surface area (Å²) in [6, 6.07) is 12.2. The second kappa shape index (κ2) is 5.85. The van der Waals surface area contributed by atoms with Gasteiger partial charge in [-0.05, 0) is 50.1 Å². The van der Waals surface area contributed by atoms with Crippen LogP contribution in [0.1, 0.15) is 29.7 Å². The Morgan fingerprint density at radius 1 is 1.00 bits per heavy atom. The van der Waals surface area contributed by atoms with Crippen molar-refractivity contribution in [2.75, 3.05) is 5.32 Å². The standard InChI is InChI=1S/C16H17Cl2N/c1-10-4-6-14(11(2)8-10)12(3)19-16-7-5-13(17)9-15(16)18/h4-9,12,19H,1-3H3. The molecule has 0 saturated heterocycles. The van der Waals surface area contributed by atoms with Gasteiger partial charge in [0.2, 0.25) is 0 Å². The van der Waals surface area contributed by atoms with E-state index in [1.807, 2.05) is 12.1 Å². The topological polar surface area (TPSA) is 12.0 Å². The molecule has 0 aliphatic rings. The van der Waals surface area contributed by atoms with E-state index in [1.165, 1.54) is 16.7 Å². The largest absolute Gasteiger partial charge is 0.377 e. The summed E-state index contributed by atoms with van der Waals surface area (Å²) in [5.41, 5.74) is 4.73. The van der Waals surface area contributed by atoms with Crippen LogP contribution in [0.2, 0.25) is 10.0 Å². The first kappa shape index (κ1) is 14.2. The van der Waals surface area contributed by atoms with Crippen LogP contribution in [0.15, 0.2) is 36.4 Å². The van der Waals surface area contributed by atoms with Crippen molar-refractivity contribution in [2.24, 2.45) is 0 Å². The Morgan fingerprint density at radius 2 is 1.74 bits per heavy atom. The zero-order valence-electron chi connectivity index (χ0n) is 11.3. The summed E-state index contributed by atoms with van der Waals surface area (Å²) in [6.45, 7) is 6.36. The van der Waals surface area contributed by atoms with Crippen LogP contribution in [0.5, 0.6) is 0 Å². The van der Waals surface area contributed by atoms with Crippen molar-refractivity contribution >= 4 is 28.9 Å². The van der Waals surface area contributed by atoms with Crippen molar-refractivity contribution in [1.29, 1.82) is 0 Å². The van der Waals surface area contributed by atoms with Gasteiger partial charge in [0.15, 0.2) is 0 Å². The molecule has 3 heteroatoms. The molecule has 0 aliphatic heterocycles. The summed E-state index contributed by atoms with van der Waals surface area (Å²) in [5.74, 6) is 0. The zero-order chi connectivity index (χ0) is 14.0. The lowest BCUT2D eigenvalue weighted by Crippen LogP contribution is -2.08. The van der Waals surface area contributed by atoms with Crippen molar-refractivity contribution in [3.63, 3.8) is 0 Å². The molecule has 0 amide bonds. The van der Waals surface area contributed by atoms with Gasteiger partial charge in [0.05, 0.1) is 10.7 Å². The van der Waals surface area contributed by atoms with Crippen molar-refractivity contribution in [3.05, 3.63) is 63.1 Å². The van der Waals surface area contributed by atoms with Gasteiger partial charge in [-0.3, -0.25) is 0 Å². The number of anilines is 1. The first-order valence-electron chi connectivity index (χ1n) is 6.26. The molecule has 1 nitrogen and oxygen atoms in total. The molecule has 100 valence electrons. The summed E-state index contributed by atoms with van der Waals surface area (Å²) in [5, 5.41) is 4.71. The Hall–Kier alpha value is -1.18. The average Bonchev–Trinajstić information content (AvgIpc) is 2.32. The van der Waals surface area contributed by atoms with Gasteiger partial charge in [0.25, 0.3) is 0 Å². The minimum Gasteiger partial charge on any atom is -0.377 e. The van der Waals surface area contributed by atoms with Crippen LogP contribution in [0, 0.1) is 13.8 Å². The molecule has 0 saturated carbocycles. The van der Waals surface area contributed by atoms with Crippen molar-refractivity contribution in [1.82, 2.24) is 0 Å². The van der Waals surface area contributed by atoms with Gasteiger partial charge in [-0.25, -0.2) is 0 Å². The second-order valence-corrected chi connectivity index (χ2v) is 5.69. The molecule has 2 rings (SSSR count). The second-order valence-electron chi connectivity index (χ2n) is 4.85. The predicted octanol–water partition coefficient (Wildman–Crippen LogP) is 5.78. The van der Waals surface area contributed by atoms with Gasteiger partial charge >= 0.3 is 0 Å². The van der Waals surface area contributed by atoms with Gasteiger partial charge in [-0.2, -0.15) is 0 Å². The third-order valence-electron chi connectivity index (χ3n) is 3.19. The molecule has 2 aromatic carbocycles. The van der Waals surface area contributed by atoms with E-state index in [-0.39, 0.29) is 6.04 Å². The summed E-state index contributed by atoms with van der Waals surface area (Å²) in [7, 11) is 0. The molecule has 0 fully saturated rings. The summed E-state index contributed by atoms with van der Waals surface area (Å²) < 4.78 is 0. The maximum Gasteiger partial charge on any atom is 0.0652 e. The van der Waals surface area contributed by atoms with Gasteiger partial charge < -0.3 is 5.32 Å². The Morgan fingerprint density at radius 3 is 2.37 bits per heavy atom. The number of aryl methyl sites for hydroxylation is 2. The van der Waals surface area contributed by atoms with Crippen LogP contribution in [0.25, 0.3) is 0 Å². The Kier molecular flexibility index (Phi) is 4.38. The van der Waals surface area contributed by atoms with Gasteiger partial charge in [0, 0.05) is 11.1 Å². The molecule has 0 bridgehead atoms. The van der Waals surface area contributed by atoms with Crippen LogP contribution in [-0.2, 0) is 0 Å². The van der Waals surface area contributed by atoms with E-state index in [0.717, 1.165) is 5.69 Å². The van der Waals surface area contributed by atoms with Crippen LogP contribution >= 0.6 is 23.2 Å². The number of rotatable bonds is 3. The van der Waals surface area contributed by atoms with E-state index in [1.54, 1.807) is 6.07 Å². The Bertz CT molecular complexity index is 593. The Labute approximate surface area is 124 Å². The number of hydrogen-bond donors (Lipinski definition) is 1. The van der Waals surface area contributed by atoms with E-state index in [4.69, 9.17) is 23.2 Å². The first-order valence-corrected chi connectivity index (χ1v) is 7.01. The van der Waals surface area contributed by atoms with Gasteiger partial charge in [-0.15, -0.1) is 0 Å². The highest BCUT2D eigenvalue weighted by Gasteiger charge is 2.10. The number of benzene rings is 2. The van der Waals surface area contributed by atoms with E-state index < -0.39 is 0 Å². The van der Waals surface area contributed by atoms with Crippen LogP contribution in [-0.4, -0.2) is 0 Å². The van der Waals surface area contributed by atoms with E-state index in [2.05, 4.69) is 44.3 Å². The molecule has 0 spiro atoms. The lowest BCUT2D eigenvalue weighted by Gasteiger charge is -2.19. The number of nitrogens with one attached hydrogen (secondary N) is 1. The summed E-state index contributed by atoms with van der Waals surface area (Å²) in [4.78, 5) is 0. The summed E-state index contributed by atoms with van der Waals surface area (Å²) >= 11 is 12.1. The van der Waals surface area contributed by atoms with Crippen LogP contribution < -0.4 is 5.32 Å². The molecular weight excluding hydrogens is 277 g/mol. The minimum atomic E-state index is 0.194. The molecule has 1 unspecified atom stereocenters. The maximum absolute atomic E-state index is 6.18. The molecule has 2 aromatic rings. The highest BCUT2D eigenvalue weighted by Crippen LogP contribution is 2.29. The smallest absolute Gasteiger partial charge is 0.0652 e. The average molecular weight is 294 g/mol. The fourth-order valence-electron chi connectivity index (χ4n) is 2.23. The van der Waals surface area contributed by atoms with E-state index in [0.29, 0.717) is 10.0 Å². The van der Waals surface area contributed by atoms with Gasteiger partial charge in [-0.1, -0.05) is 47.0 Å². The monoisotopic (exact) mass is 293 g/mol. The molecule has 0 aromatic heterocycles. The maximum atomic E-state index is 6.18. The summed E-state index contributed by atoms with van der Waals surface area (Å²) in [6.07, 6.45) is 0. The van der Waals surface area contributed by atoms with Crippen molar-refractivity contribution in [3.8, 4) is 0 Å². The van der Waals surface area contributed by atoms with Gasteiger partial charge in [0.1, 0.15) is 0 Å². The molecule has 0 radical (unpaired) electrons. The van der Waals surface area contributed by atoms with E-state index >= 15 is 0 Å². The van der Waals surface area contributed by atoms with Crippen molar-refractivity contribution in [2.45, 2.75) is 26.8 Å². The van der Waals surface area contributed by atoms with Crippen LogP contribution in [0.4, 0.5) is 5.69 Å².